The van der Waals surface area contributed by atoms with E-state index in [-0.39, 0.29) is 5.75 Å². The molecule has 0 radical (unpaired) electrons. The van der Waals surface area contributed by atoms with Crippen LogP contribution in [-0.4, -0.2) is 39.3 Å². The zero-order chi connectivity index (χ0) is 20.3. The number of nitrogens with zero attached hydrogens (tertiary/aromatic N) is 4. The molecule has 6 nitrogen and oxygen atoms in total. The molecule has 0 bridgehead atoms. The number of aromatic hydroxyl groups is 1. The van der Waals surface area contributed by atoms with Gasteiger partial charge in [-0.05, 0) is 78.4 Å². The molecule has 0 aliphatic heterocycles. The molecule has 28 heavy (non-hydrogen) atoms. The van der Waals surface area contributed by atoms with Gasteiger partial charge in [0.1, 0.15) is 5.75 Å². The number of anilines is 1. The minimum absolute atomic E-state index is 0.104. The molecule has 0 unspecified atom stereocenters. The molecule has 1 heterocycles. The van der Waals surface area contributed by atoms with Gasteiger partial charge < -0.3 is 10.0 Å². The minimum Gasteiger partial charge on any atom is -0.506 e. The van der Waals surface area contributed by atoms with E-state index in [0.717, 1.165) is 28.8 Å². The van der Waals surface area contributed by atoms with Crippen molar-refractivity contribution in [1.82, 2.24) is 14.9 Å². The smallest absolute Gasteiger partial charge is 0.216 e. The van der Waals surface area contributed by atoms with Gasteiger partial charge in [-0.25, -0.2) is 5.10 Å². The van der Waals surface area contributed by atoms with Gasteiger partial charge in [-0.1, -0.05) is 15.9 Å². The molecule has 0 amide bonds. The van der Waals surface area contributed by atoms with Crippen LogP contribution in [0, 0.1) is 4.77 Å². The van der Waals surface area contributed by atoms with Crippen molar-refractivity contribution in [2.75, 3.05) is 18.0 Å². The lowest BCUT2D eigenvalue weighted by Crippen LogP contribution is -2.21. The van der Waals surface area contributed by atoms with Gasteiger partial charge in [-0.3, -0.25) is 0 Å². The van der Waals surface area contributed by atoms with E-state index in [2.05, 4.69) is 78.0 Å². The number of phenolic OH excluding ortho intramolecular Hbond substituents is 1. The number of H-pyrrole nitrogens is 1. The van der Waals surface area contributed by atoms with Crippen LogP contribution in [0.25, 0.3) is 11.4 Å². The average molecular weight is 525 g/mol. The highest BCUT2D eigenvalue weighted by Crippen LogP contribution is 2.31. The Kier molecular flexibility index (Phi) is 6.69. The van der Waals surface area contributed by atoms with E-state index in [1.807, 2.05) is 12.1 Å². The lowest BCUT2D eigenvalue weighted by Gasteiger charge is -2.20. The molecule has 0 fully saturated rings. The quantitative estimate of drug-likeness (QED) is 0.327. The molecule has 0 spiro atoms. The van der Waals surface area contributed by atoms with Crippen LogP contribution in [0.3, 0.4) is 0 Å². The fourth-order valence-corrected chi connectivity index (χ4v) is 4.24. The van der Waals surface area contributed by atoms with Gasteiger partial charge in [0.25, 0.3) is 0 Å². The van der Waals surface area contributed by atoms with Crippen molar-refractivity contribution in [2.45, 2.75) is 13.8 Å². The number of rotatable bonds is 6. The van der Waals surface area contributed by atoms with Gasteiger partial charge in [-0.15, -0.1) is 0 Å². The van der Waals surface area contributed by atoms with E-state index in [4.69, 9.17) is 12.2 Å². The lowest BCUT2D eigenvalue weighted by molar-refractivity contribution is 0.471. The molecule has 3 aromatic rings. The van der Waals surface area contributed by atoms with E-state index in [9.17, 15) is 5.11 Å². The Balaban J connectivity index is 1.96. The number of benzene rings is 2. The number of halogens is 2. The second-order valence-corrected chi connectivity index (χ2v) is 8.11. The van der Waals surface area contributed by atoms with E-state index in [1.165, 1.54) is 4.68 Å². The highest BCUT2D eigenvalue weighted by Gasteiger charge is 2.10. The second kappa shape index (κ2) is 9.02. The number of hydrogen-bond donors (Lipinski definition) is 2. The average Bonchev–Trinajstić information content (AvgIpc) is 3.05. The first-order valence-electron chi connectivity index (χ1n) is 8.69. The summed E-state index contributed by atoms with van der Waals surface area (Å²) in [5.74, 6) is 0.702. The first kappa shape index (κ1) is 20.8. The molecule has 0 saturated carbocycles. The molecular weight excluding hydrogens is 506 g/mol. The molecule has 0 saturated heterocycles. The third-order valence-corrected chi connectivity index (χ3v) is 5.60. The third kappa shape index (κ3) is 4.37. The zero-order valence-electron chi connectivity index (χ0n) is 15.4. The van der Waals surface area contributed by atoms with Crippen molar-refractivity contribution in [3.63, 3.8) is 0 Å². The van der Waals surface area contributed by atoms with Gasteiger partial charge in [0.05, 0.1) is 10.7 Å². The maximum absolute atomic E-state index is 10.2. The van der Waals surface area contributed by atoms with Crippen LogP contribution in [-0.2, 0) is 0 Å². The van der Waals surface area contributed by atoms with Crippen molar-refractivity contribution in [2.24, 2.45) is 5.10 Å². The Labute approximate surface area is 185 Å². The Morgan fingerprint density at radius 2 is 1.89 bits per heavy atom. The van der Waals surface area contributed by atoms with Crippen LogP contribution < -0.4 is 4.90 Å². The highest BCUT2D eigenvalue weighted by atomic mass is 79.9. The Bertz CT molecular complexity index is 1060. The van der Waals surface area contributed by atoms with Crippen molar-refractivity contribution in [3.8, 4) is 17.1 Å². The van der Waals surface area contributed by atoms with E-state index >= 15 is 0 Å². The minimum atomic E-state index is 0.104. The summed E-state index contributed by atoms with van der Waals surface area (Å²) in [6.45, 7) is 6.16. The summed E-state index contributed by atoms with van der Waals surface area (Å²) in [6.07, 6.45) is 1.55. The molecule has 0 atom stereocenters. The number of hydrogen-bond acceptors (Lipinski definition) is 5. The van der Waals surface area contributed by atoms with Gasteiger partial charge in [-0.2, -0.15) is 14.9 Å². The van der Waals surface area contributed by atoms with Gasteiger partial charge in [0.2, 0.25) is 4.77 Å². The van der Waals surface area contributed by atoms with Crippen molar-refractivity contribution in [3.05, 3.63) is 55.7 Å². The predicted octanol–water partition coefficient (Wildman–Crippen LogP) is 5.57. The summed E-state index contributed by atoms with van der Waals surface area (Å²) in [6, 6.07) is 11.6. The van der Waals surface area contributed by atoms with Gasteiger partial charge >= 0.3 is 0 Å². The van der Waals surface area contributed by atoms with Crippen LogP contribution in [0.4, 0.5) is 5.69 Å². The maximum Gasteiger partial charge on any atom is 0.216 e. The van der Waals surface area contributed by atoms with E-state index in [1.54, 1.807) is 18.3 Å². The molecule has 0 aliphatic carbocycles. The van der Waals surface area contributed by atoms with Gasteiger partial charge in [0, 0.05) is 34.4 Å². The Morgan fingerprint density at radius 3 is 2.54 bits per heavy atom. The fourth-order valence-electron chi connectivity index (χ4n) is 2.80. The van der Waals surface area contributed by atoms with Crippen molar-refractivity contribution < 1.29 is 5.11 Å². The number of phenols is 1. The monoisotopic (exact) mass is 523 g/mol. The molecule has 146 valence electrons. The summed E-state index contributed by atoms with van der Waals surface area (Å²) < 4.78 is 3.30. The molecule has 0 aliphatic rings. The normalized spacial score (nSPS) is 11.3. The Morgan fingerprint density at radius 1 is 1.21 bits per heavy atom. The maximum atomic E-state index is 10.2. The fraction of sp³-hybridized carbons (Fsp3) is 0.211. The highest BCUT2D eigenvalue weighted by molar-refractivity contribution is 9.11. The van der Waals surface area contributed by atoms with Crippen LogP contribution in [0.15, 0.2) is 50.4 Å². The first-order valence-corrected chi connectivity index (χ1v) is 10.7. The van der Waals surface area contributed by atoms with Gasteiger partial charge in [0.15, 0.2) is 5.82 Å². The topological polar surface area (TPSA) is 69.4 Å². The summed E-state index contributed by atoms with van der Waals surface area (Å²) in [4.78, 5) is 2.27. The number of aromatic nitrogens is 3. The van der Waals surface area contributed by atoms with E-state index < -0.39 is 0 Å². The third-order valence-electron chi connectivity index (χ3n) is 4.27. The molecule has 9 heteroatoms. The standard InChI is InChI=1S/C19H19Br2N5OS/c1-3-25(4-2)15-7-5-12(6-8-15)18-23-24-19(28)26(18)22-11-13-9-14(20)10-16(21)17(13)27/h5-11,27H,3-4H2,1-2H3,(H,24,28). The summed E-state index contributed by atoms with van der Waals surface area (Å²) in [7, 11) is 0. The van der Waals surface area contributed by atoms with Crippen LogP contribution in [0.5, 0.6) is 5.75 Å². The summed E-state index contributed by atoms with van der Waals surface area (Å²) in [5, 5.41) is 21.7. The summed E-state index contributed by atoms with van der Waals surface area (Å²) in [5.41, 5.74) is 2.59. The molecule has 1 aromatic heterocycles. The number of aromatic amines is 1. The van der Waals surface area contributed by atoms with Crippen LogP contribution in [0.1, 0.15) is 19.4 Å². The van der Waals surface area contributed by atoms with E-state index in [0.29, 0.717) is 20.6 Å². The SMILES string of the molecule is CCN(CC)c1ccc(-c2n[nH]c(=S)n2N=Cc2cc(Br)cc(Br)c2O)cc1. The Hall–Kier alpha value is -1.97. The first-order chi connectivity index (χ1) is 13.4. The second-order valence-electron chi connectivity index (χ2n) is 5.95. The number of nitrogens with one attached hydrogen (secondary N) is 1. The molecular formula is C19H19Br2N5OS. The molecule has 2 N–H and O–H groups in total. The predicted molar refractivity (Wildman–Crippen MR) is 123 cm³/mol. The zero-order valence-corrected chi connectivity index (χ0v) is 19.3. The molecule has 3 rings (SSSR count). The van der Waals surface area contributed by atoms with Crippen LogP contribution >= 0.6 is 44.1 Å². The molecule has 2 aromatic carbocycles. The van der Waals surface area contributed by atoms with Crippen molar-refractivity contribution >= 4 is 56.0 Å². The summed E-state index contributed by atoms with van der Waals surface area (Å²) >= 11 is 12.0. The van der Waals surface area contributed by atoms with Crippen LogP contribution in [0.2, 0.25) is 0 Å². The largest absolute Gasteiger partial charge is 0.506 e. The van der Waals surface area contributed by atoms with Crippen molar-refractivity contribution in [1.29, 1.82) is 0 Å². The lowest BCUT2D eigenvalue weighted by atomic mass is 10.2.